The lowest BCUT2D eigenvalue weighted by molar-refractivity contribution is -0.287. The quantitative estimate of drug-likeness (QED) is 0.632. The van der Waals surface area contributed by atoms with Crippen molar-refractivity contribution in [3.05, 3.63) is 12.3 Å². The van der Waals surface area contributed by atoms with Gasteiger partial charge in [0.2, 0.25) is 0 Å². The van der Waals surface area contributed by atoms with Crippen molar-refractivity contribution in [3.63, 3.8) is 0 Å². The van der Waals surface area contributed by atoms with Gasteiger partial charge in [-0.3, -0.25) is 4.68 Å². The fourth-order valence-corrected chi connectivity index (χ4v) is 1.85. The molecule has 0 amide bonds. The summed E-state index contributed by atoms with van der Waals surface area (Å²) in [5.41, 5.74) is -1.16. The number of hydrogen-bond donors (Lipinski definition) is 0. The maximum atomic E-state index is 13.0. The zero-order chi connectivity index (χ0) is 17.0. The van der Waals surface area contributed by atoms with E-state index >= 15 is 0 Å². The van der Waals surface area contributed by atoms with E-state index in [4.69, 9.17) is 9.31 Å². The van der Waals surface area contributed by atoms with Gasteiger partial charge in [0.15, 0.2) is 0 Å². The number of halogens is 5. The number of nitrogens with zero attached hydrogens (tertiary/aromatic N) is 2. The Labute approximate surface area is 124 Å². The SMILES string of the molecule is CC1(C)OB(c2ccn(CC(F)(F)C(F)(F)F)n2)OC1(C)C. The molecular formula is C12H16BF5N2O2. The van der Waals surface area contributed by atoms with E-state index in [1.54, 1.807) is 27.7 Å². The van der Waals surface area contributed by atoms with Gasteiger partial charge < -0.3 is 9.31 Å². The molecule has 2 rings (SSSR count). The minimum Gasteiger partial charge on any atom is -0.398 e. The summed E-state index contributed by atoms with van der Waals surface area (Å²) in [5.74, 6) is -4.85. The van der Waals surface area contributed by atoms with Gasteiger partial charge in [0.05, 0.1) is 16.8 Å². The van der Waals surface area contributed by atoms with Gasteiger partial charge in [-0.15, -0.1) is 0 Å². The predicted octanol–water partition coefficient (Wildman–Crippen LogP) is 2.38. The third-order valence-corrected chi connectivity index (χ3v) is 3.93. The van der Waals surface area contributed by atoms with Crippen molar-refractivity contribution in [2.75, 3.05) is 0 Å². The molecule has 0 radical (unpaired) electrons. The van der Waals surface area contributed by atoms with Gasteiger partial charge in [-0.1, -0.05) is 0 Å². The fourth-order valence-electron chi connectivity index (χ4n) is 1.85. The Morgan fingerprint density at radius 1 is 1.09 bits per heavy atom. The van der Waals surface area contributed by atoms with Crippen LogP contribution in [0, 0.1) is 0 Å². The molecule has 0 spiro atoms. The molecule has 1 aliphatic heterocycles. The number of alkyl halides is 5. The van der Waals surface area contributed by atoms with Gasteiger partial charge in [0, 0.05) is 6.20 Å². The smallest absolute Gasteiger partial charge is 0.398 e. The summed E-state index contributed by atoms with van der Waals surface area (Å²) in [6, 6.07) is 1.30. The lowest BCUT2D eigenvalue weighted by atomic mass is 9.85. The second kappa shape index (κ2) is 4.92. The Kier molecular flexibility index (Phi) is 3.85. The second-order valence-corrected chi connectivity index (χ2v) is 6.23. The lowest BCUT2D eigenvalue weighted by Crippen LogP contribution is -2.41. The van der Waals surface area contributed by atoms with Crippen LogP contribution in [0.3, 0.4) is 0 Å². The highest BCUT2D eigenvalue weighted by Gasteiger charge is 2.58. The van der Waals surface area contributed by atoms with Gasteiger partial charge in [0.25, 0.3) is 0 Å². The van der Waals surface area contributed by atoms with Gasteiger partial charge in [-0.2, -0.15) is 27.1 Å². The van der Waals surface area contributed by atoms with E-state index in [1.807, 2.05) is 0 Å². The average molecular weight is 326 g/mol. The summed E-state index contributed by atoms with van der Waals surface area (Å²) in [5, 5.41) is 3.71. The predicted molar refractivity (Wildman–Crippen MR) is 68.9 cm³/mol. The largest absolute Gasteiger partial charge is 0.516 e. The summed E-state index contributed by atoms with van der Waals surface area (Å²) < 4.78 is 74.4. The van der Waals surface area contributed by atoms with E-state index in [0.29, 0.717) is 4.68 Å². The zero-order valence-corrected chi connectivity index (χ0v) is 12.5. The van der Waals surface area contributed by atoms with E-state index in [0.717, 1.165) is 6.20 Å². The zero-order valence-electron chi connectivity index (χ0n) is 12.5. The van der Waals surface area contributed by atoms with Gasteiger partial charge in [-0.25, -0.2) is 0 Å². The summed E-state index contributed by atoms with van der Waals surface area (Å²) >= 11 is 0. The van der Waals surface area contributed by atoms with Crippen LogP contribution in [0.4, 0.5) is 22.0 Å². The molecule has 1 aliphatic rings. The Hall–Kier alpha value is -1.16. The topological polar surface area (TPSA) is 36.3 Å². The summed E-state index contributed by atoms with van der Waals surface area (Å²) in [4.78, 5) is 0. The molecular weight excluding hydrogens is 310 g/mol. The van der Waals surface area contributed by atoms with Crippen LogP contribution in [0.15, 0.2) is 12.3 Å². The first kappa shape index (κ1) is 17.2. The molecule has 22 heavy (non-hydrogen) atoms. The van der Waals surface area contributed by atoms with Gasteiger partial charge >= 0.3 is 19.2 Å². The maximum Gasteiger partial charge on any atom is 0.516 e. The first-order valence-corrected chi connectivity index (χ1v) is 6.59. The molecule has 1 saturated heterocycles. The van der Waals surface area contributed by atoms with E-state index in [1.165, 1.54) is 6.07 Å². The Bertz CT molecular complexity index is 540. The molecule has 0 aromatic carbocycles. The van der Waals surface area contributed by atoms with Gasteiger partial charge in [-0.05, 0) is 33.8 Å². The molecule has 124 valence electrons. The molecule has 4 nitrogen and oxygen atoms in total. The van der Waals surface area contributed by atoms with Crippen molar-refractivity contribution in [2.45, 2.75) is 57.5 Å². The second-order valence-electron chi connectivity index (χ2n) is 6.23. The van der Waals surface area contributed by atoms with Crippen molar-refractivity contribution in [2.24, 2.45) is 0 Å². The maximum absolute atomic E-state index is 13.0. The highest BCUT2D eigenvalue weighted by atomic mass is 19.4. The van der Waals surface area contributed by atoms with Crippen molar-refractivity contribution in [3.8, 4) is 0 Å². The van der Waals surface area contributed by atoms with E-state index in [9.17, 15) is 22.0 Å². The van der Waals surface area contributed by atoms with Crippen molar-refractivity contribution in [1.29, 1.82) is 0 Å². The third-order valence-electron chi connectivity index (χ3n) is 3.93. The van der Waals surface area contributed by atoms with Crippen LogP contribution in [-0.2, 0) is 15.9 Å². The molecule has 0 N–H and O–H groups in total. The van der Waals surface area contributed by atoms with Crippen molar-refractivity contribution >= 4 is 12.7 Å². The first-order chi connectivity index (χ1) is 9.75. The van der Waals surface area contributed by atoms with Crippen LogP contribution in [-0.4, -0.2) is 40.2 Å². The van der Waals surface area contributed by atoms with E-state index < -0.39 is 37.0 Å². The number of hydrogen-bond acceptors (Lipinski definition) is 3. The minimum atomic E-state index is -5.62. The molecule has 0 unspecified atom stereocenters. The molecule has 0 bridgehead atoms. The highest BCUT2D eigenvalue weighted by Crippen LogP contribution is 2.37. The molecule has 10 heteroatoms. The van der Waals surface area contributed by atoms with Crippen molar-refractivity contribution < 1.29 is 31.3 Å². The molecule has 0 aliphatic carbocycles. The van der Waals surface area contributed by atoms with Crippen LogP contribution in [0.1, 0.15) is 27.7 Å². The molecule has 1 aromatic rings. The average Bonchev–Trinajstić information content (AvgIpc) is 2.80. The first-order valence-electron chi connectivity index (χ1n) is 6.59. The molecule has 0 saturated carbocycles. The van der Waals surface area contributed by atoms with Crippen LogP contribution < -0.4 is 5.59 Å². The lowest BCUT2D eigenvalue weighted by Gasteiger charge is -2.32. The normalized spacial score (nSPS) is 21.4. The number of aromatic nitrogens is 2. The van der Waals surface area contributed by atoms with E-state index in [-0.39, 0.29) is 5.59 Å². The number of rotatable bonds is 3. The summed E-state index contributed by atoms with van der Waals surface area (Å²) in [6.45, 7) is 5.59. The minimum absolute atomic E-state index is 0.150. The standard InChI is InChI=1S/C12H16BF5N2O2/c1-9(2)10(3,4)22-13(21-9)8-5-6-20(19-8)7-11(14,15)12(16,17)18/h5-6H,7H2,1-4H3. The van der Waals surface area contributed by atoms with E-state index in [2.05, 4.69) is 5.10 Å². The fraction of sp³-hybridized carbons (Fsp3) is 0.750. The molecule has 1 fully saturated rings. The summed E-state index contributed by atoms with van der Waals surface area (Å²) in [7, 11) is -0.911. The van der Waals surface area contributed by atoms with Gasteiger partial charge in [0.1, 0.15) is 6.54 Å². The Morgan fingerprint density at radius 2 is 1.59 bits per heavy atom. The third kappa shape index (κ3) is 2.98. The molecule has 0 atom stereocenters. The highest BCUT2D eigenvalue weighted by molar-refractivity contribution is 6.61. The van der Waals surface area contributed by atoms with Crippen LogP contribution in [0.2, 0.25) is 0 Å². The Morgan fingerprint density at radius 3 is 2.05 bits per heavy atom. The van der Waals surface area contributed by atoms with Crippen LogP contribution >= 0.6 is 0 Å². The van der Waals surface area contributed by atoms with Crippen LogP contribution in [0.25, 0.3) is 0 Å². The Balaban J connectivity index is 2.14. The molecule has 1 aromatic heterocycles. The monoisotopic (exact) mass is 326 g/mol. The van der Waals surface area contributed by atoms with Crippen LogP contribution in [0.5, 0.6) is 0 Å². The van der Waals surface area contributed by atoms with Crippen molar-refractivity contribution in [1.82, 2.24) is 9.78 Å². The molecule has 2 heterocycles. The summed E-state index contributed by atoms with van der Waals surface area (Å²) in [6.07, 6.45) is -4.58.